The van der Waals surface area contributed by atoms with Gasteiger partial charge < -0.3 is 9.47 Å². The number of hydrogen-bond donors (Lipinski definition) is 0. The van der Waals surface area contributed by atoms with Crippen molar-refractivity contribution in [2.75, 3.05) is 6.61 Å². The predicted octanol–water partition coefficient (Wildman–Crippen LogP) is 5.45. The maximum absolute atomic E-state index is 13.0. The molecule has 2 amide bonds. The van der Waals surface area contributed by atoms with Gasteiger partial charge in [0.2, 0.25) is 0 Å². The van der Waals surface area contributed by atoms with Crippen LogP contribution in [0.15, 0.2) is 53.7 Å². The van der Waals surface area contributed by atoms with Gasteiger partial charge in [0.1, 0.15) is 6.61 Å². The maximum Gasteiger partial charge on any atom is 0.254 e. The SMILES string of the molecule is CCOc1cc(/C=N\N2C(=O)[C@@H]3[C@@H](C2=O)[C@H]2C=C[C@H]3CC2)cc(I)c1OCc1ccccc1Cl. The largest absolute Gasteiger partial charge is 0.490 e. The second kappa shape index (κ2) is 9.70. The molecule has 2 aromatic rings. The van der Waals surface area contributed by atoms with Gasteiger partial charge in [0, 0.05) is 10.6 Å². The second-order valence-corrected chi connectivity index (χ2v) is 10.3. The molecular formula is C26H24ClIN2O4. The molecule has 1 saturated heterocycles. The van der Waals surface area contributed by atoms with Crippen molar-refractivity contribution in [3.8, 4) is 11.5 Å². The first-order valence-electron chi connectivity index (χ1n) is 11.4. The molecule has 6 rings (SSSR count). The molecule has 0 radical (unpaired) electrons. The van der Waals surface area contributed by atoms with Crippen LogP contribution in [-0.2, 0) is 16.2 Å². The van der Waals surface area contributed by atoms with Crippen molar-refractivity contribution in [3.63, 3.8) is 0 Å². The zero-order chi connectivity index (χ0) is 23.8. The summed E-state index contributed by atoms with van der Waals surface area (Å²) in [6, 6.07) is 11.2. The molecule has 34 heavy (non-hydrogen) atoms. The molecule has 1 saturated carbocycles. The van der Waals surface area contributed by atoms with E-state index >= 15 is 0 Å². The van der Waals surface area contributed by atoms with Gasteiger partial charge in [-0.2, -0.15) is 10.1 Å². The topological polar surface area (TPSA) is 68.2 Å². The van der Waals surface area contributed by atoms with Crippen molar-refractivity contribution in [2.45, 2.75) is 26.4 Å². The molecule has 176 valence electrons. The highest BCUT2D eigenvalue weighted by molar-refractivity contribution is 14.1. The summed E-state index contributed by atoms with van der Waals surface area (Å²) in [5.74, 6) is 0.550. The van der Waals surface area contributed by atoms with Gasteiger partial charge in [0.05, 0.1) is 28.2 Å². The van der Waals surface area contributed by atoms with E-state index in [0.29, 0.717) is 29.7 Å². The number of hydrogen-bond acceptors (Lipinski definition) is 5. The van der Waals surface area contributed by atoms with E-state index in [4.69, 9.17) is 21.1 Å². The lowest BCUT2D eigenvalue weighted by atomic mass is 9.63. The van der Waals surface area contributed by atoms with Crippen LogP contribution in [0, 0.1) is 27.2 Å². The minimum absolute atomic E-state index is 0.145. The molecule has 2 aromatic carbocycles. The number of nitrogens with zero attached hydrogens (tertiary/aromatic N) is 2. The van der Waals surface area contributed by atoms with Gasteiger partial charge in [-0.05, 0) is 78.0 Å². The second-order valence-electron chi connectivity index (χ2n) is 8.72. The summed E-state index contributed by atoms with van der Waals surface area (Å²) in [7, 11) is 0. The first kappa shape index (κ1) is 23.4. The Bertz CT molecular complexity index is 1170. The summed E-state index contributed by atoms with van der Waals surface area (Å²) in [6.07, 6.45) is 7.68. The number of halogens is 2. The number of carbonyl (C=O) groups excluding carboxylic acids is 2. The average molecular weight is 591 g/mol. The lowest BCUT2D eigenvalue weighted by Crippen LogP contribution is -2.38. The molecule has 8 heteroatoms. The Morgan fingerprint density at radius 2 is 1.76 bits per heavy atom. The van der Waals surface area contributed by atoms with E-state index in [0.717, 1.165) is 32.5 Å². The Balaban J connectivity index is 1.36. The number of allylic oxidation sites excluding steroid dienone is 2. The molecule has 0 unspecified atom stereocenters. The fourth-order valence-electron chi connectivity index (χ4n) is 5.13. The van der Waals surface area contributed by atoms with Gasteiger partial charge in [-0.3, -0.25) is 9.59 Å². The molecular weight excluding hydrogens is 567 g/mol. The van der Waals surface area contributed by atoms with Gasteiger partial charge >= 0.3 is 0 Å². The third-order valence-electron chi connectivity index (χ3n) is 6.72. The van der Waals surface area contributed by atoms with Crippen LogP contribution in [-0.4, -0.2) is 29.6 Å². The molecule has 1 aliphatic heterocycles. The quantitative estimate of drug-likeness (QED) is 0.186. The lowest BCUT2D eigenvalue weighted by Gasteiger charge is -2.37. The molecule has 4 atom stereocenters. The van der Waals surface area contributed by atoms with Crippen LogP contribution in [0.3, 0.4) is 0 Å². The summed E-state index contributed by atoms with van der Waals surface area (Å²) in [5.41, 5.74) is 1.60. The Kier molecular flexibility index (Phi) is 6.66. The number of ether oxygens (including phenoxy) is 2. The van der Waals surface area contributed by atoms with E-state index in [1.165, 1.54) is 0 Å². The minimum atomic E-state index is -0.270. The number of benzene rings is 2. The van der Waals surface area contributed by atoms with Gasteiger partial charge in [-0.1, -0.05) is 42.0 Å². The molecule has 2 fully saturated rings. The highest BCUT2D eigenvalue weighted by Gasteiger charge is 2.56. The molecule has 1 heterocycles. The smallest absolute Gasteiger partial charge is 0.254 e. The van der Waals surface area contributed by atoms with Gasteiger partial charge in [-0.15, -0.1) is 0 Å². The highest BCUT2D eigenvalue weighted by Crippen LogP contribution is 2.49. The molecule has 0 N–H and O–H groups in total. The zero-order valence-electron chi connectivity index (χ0n) is 18.6. The van der Waals surface area contributed by atoms with Crippen molar-refractivity contribution >= 4 is 52.2 Å². The summed E-state index contributed by atoms with van der Waals surface area (Å²) in [5, 5.41) is 6.03. The molecule has 4 aliphatic rings. The minimum Gasteiger partial charge on any atom is -0.490 e. The predicted molar refractivity (Wildman–Crippen MR) is 138 cm³/mol. The van der Waals surface area contributed by atoms with Crippen LogP contribution >= 0.6 is 34.2 Å². The molecule has 0 aromatic heterocycles. The van der Waals surface area contributed by atoms with E-state index in [2.05, 4.69) is 39.8 Å². The molecule has 2 bridgehead atoms. The lowest BCUT2D eigenvalue weighted by molar-refractivity contribution is -0.140. The number of fused-ring (bicyclic) bond motifs is 1. The highest BCUT2D eigenvalue weighted by atomic mass is 127. The van der Waals surface area contributed by atoms with Crippen LogP contribution in [0.4, 0.5) is 0 Å². The number of carbonyl (C=O) groups is 2. The third kappa shape index (κ3) is 4.24. The Hall–Kier alpha value is -2.39. The summed E-state index contributed by atoms with van der Waals surface area (Å²) in [4.78, 5) is 26.0. The van der Waals surface area contributed by atoms with Gasteiger partial charge in [0.25, 0.3) is 11.8 Å². The van der Waals surface area contributed by atoms with E-state index in [9.17, 15) is 9.59 Å². The fourth-order valence-corrected chi connectivity index (χ4v) is 6.10. The summed E-state index contributed by atoms with van der Waals surface area (Å²) < 4.78 is 12.7. The number of imide groups is 1. The van der Waals surface area contributed by atoms with Gasteiger partial charge in [0.15, 0.2) is 11.5 Å². The third-order valence-corrected chi connectivity index (χ3v) is 7.89. The van der Waals surface area contributed by atoms with E-state index in [1.807, 2.05) is 37.3 Å². The molecule has 3 aliphatic carbocycles. The maximum atomic E-state index is 13.0. The van der Waals surface area contributed by atoms with Crippen LogP contribution < -0.4 is 9.47 Å². The Morgan fingerprint density at radius 1 is 1.09 bits per heavy atom. The van der Waals surface area contributed by atoms with Crippen molar-refractivity contribution in [1.29, 1.82) is 0 Å². The summed E-state index contributed by atoms with van der Waals surface area (Å²) in [6.45, 7) is 2.66. The van der Waals surface area contributed by atoms with E-state index < -0.39 is 0 Å². The van der Waals surface area contributed by atoms with Crippen molar-refractivity contribution < 1.29 is 19.1 Å². The van der Waals surface area contributed by atoms with Crippen LogP contribution in [0.25, 0.3) is 0 Å². The monoisotopic (exact) mass is 590 g/mol. The fraction of sp³-hybridized carbons (Fsp3) is 0.346. The first-order valence-corrected chi connectivity index (χ1v) is 12.9. The number of hydrazone groups is 1. The van der Waals surface area contributed by atoms with Gasteiger partial charge in [-0.25, -0.2) is 0 Å². The normalized spacial score (nSPS) is 25.3. The Morgan fingerprint density at radius 3 is 2.38 bits per heavy atom. The van der Waals surface area contributed by atoms with Crippen molar-refractivity contribution in [1.82, 2.24) is 5.01 Å². The van der Waals surface area contributed by atoms with E-state index in [-0.39, 0.29) is 35.5 Å². The van der Waals surface area contributed by atoms with Crippen molar-refractivity contribution in [2.24, 2.45) is 28.8 Å². The number of amides is 2. The number of rotatable bonds is 7. The van der Waals surface area contributed by atoms with Crippen molar-refractivity contribution in [3.05, 3.63) is 68.3 Å². The first-order chi connectivity index (χ1) is 16.5. The summed E-state index contributed by atoms with van der Waals surface area (Å²) >= 11 is 8.44. The van der Waals surface area contributed by atoms with Crippen LogP contribution in [0.1, 0.15) is 30.9 Å². The Labute approximate surface area is 217 Å². The molecule has 0 spiro atoms. The zero-order valence-corrected chi connectivity index (χ0v) is 21.5. The van der Waals surface area contributed by atoms with Crippen LogP contribution in [0.5, 0.6) is 11.5 Å². The standard InChI is InChI=1S/C26H24ClIN2O4/c1-2-33-21-12-15(11-20(28)24(21)34-14-18-5-3-4-6-19(18)27)13-29-30-25(31)22-16-7-8-17(10-9-16)23(22)26(30)32/h3-8,11-13,16-17,22-23H,2,9-10,14H2,1H3/b29-13-/t16-,17-,22-,23-/m0/s1. The van der Waals surface area contributed by atoms with E-state index in [1.54, 1.807) is 12.3 Å². The molecule has 6 nitrogen and oxygen atoms in total. The average Bonchev–Trinajstić information content (AvgIpc) is 3.11. The van der Waals surface area contributed by atoms with Crippen LogP contribution in [0.2, 0.25) is 5.02 Å².